The molecule has 4 N–H and O–H groups in total. The smallest absolute Gasteiger partial charge is 0.381 e. The summed E-state index contributed by atoms with van der Waals surface area (Å²) in [6.45, 7) is -0.421. The van der Waals surface area contributed by atoms with Gasteiger partial charge >= 0.3 is 6.18 Å². The van der Waals surface area contributed by atoms with Crippen molar-refractivity contribution in [1.82, 2.24) is 0 Å². The average Bonchev–Trinajstić information content (AvgIpc) is 2.01. The van der Waals surface area contributed by atoms with Crippen LogP contribution in [-0.2, 0) is 9.53 Å². The van der Waals surface area contributed by atoms with Crippen molar-refractivity contribution >= 4 is 5.91 Å². The van der Waals surface area contributed by atoms with Crippen LogP contribution in [0.25, 0.3) is 0 Å². The first-order valence-corrected chi connectivity index (χ1v) is 4.02. The number of rotatable bonds is 6. The van der Waals surface area contributed by atoms with E-state index in [0.29, 0.717) is 0 Å². The second kappa shape index (κ2) is 5.82. The minimum Gasteiger partial charge on any atom is -0.381 e. The Kier molecular flexibility index (Phi) is 5.47. The van der Waals surface area contributed by atoms with Crippen LogP contribution in [0.15, 0.2) is 0 Å². The molecule has 0 aliphatic rings. The SMILES string of the molecule is NC(=O)C(N)CCOCCC(F)(F)F. The Morgan fingerprint density at radius 1 is 1.36 bits per heavy atom. The number of alkyl halides is 3. The molecule has 0 aromatic heterocycles. The molecule has 0 heterocycles. The summed E-state index contributed by atoms with van der Waals surface area (Å²) in [6, 6.07) is -0.860. The molecule has 1 amide bonds. The van der Waals surface area contributed by atoms with Crippen molar-refractivity contribution in [3.63, 3.8) is 0 Å². The topological polar surface area (TPSA) is 78.3 Å². The van der Waals surface area contributed by atoms with Crippen molar-refractivity contribution in [2.24, 2.45) is 11.5 Å². The van der Waals surface area contributed by atoms with E-state index in [1.807, 2.05) is 0 Å². The lowest BCUT2D eigenvalue weighted by molar-refractivity contribution is -0.145. The summed E-state index contributed by atoms with van der Waals surface area (Å²) in [5.41, 5.74) is 10.0. The van der Waals surface area contributed by atoms with Crippen LogP contribution in [0.5, 0.6) is 0 Å². The minimum absolute atomic E-state index is 0.000185. The van der Waals surface area contributed by atoms with Gasteiger partial charge < -0.3 is 16.2 Å². The second-order valence-corrected chi connectivity index (χ2v) is 2.78. The number of primary amides is 1. The van der Waals surface area contributed by atoms with Gasteiger partial charge in [0.25, 0.3) is 0 Å². The van der Waals surface area contributed by atoms with Gasteiger partial charge in [0.2, 0.25) is 5.91 Å². The molecule has 0 aromatic rings. The highest BCUT2D eigenvalue weighted by atomic mass is 19.4. The fourth-order valence-electron chi connectivity index (χ4n) is 0.643. The van der Waals surface area contributed by atoms with Gasteiger partial charge in [-0.05, 0) is 6.42 Å². The van der Waals surface area contributed by atoms with Gasteiger partial charge in [-0.25, -0.2) is 0 Å². The van der Waals surface area contributed by atoms with Gasteiger partial charge in [0.15, 0.2) is 0 Å². The molecule has 0 spiro atoms. The van der Waals surface area contributed by atoms with E-state index in [4.69, 9.17) is 11.5 Å². The molecule has 0 fully saturated rings. The van der Waals surface area contributed by atoms with Crippen LogP contribution in [0.2, 0.25) is 0 Å². The third-order valence-electron chi connectivity index (χ3n) is 1.47. The minimum atomic E-state index is -4.22. The molecule has 0 aromatic carbocycles. The Hall–Kier alpha value is -0.820. The molecule has 0 saturated heterocycles. The predicted molar refractivity (Wildman–Crippen MR) is 43.3 cm³/mol. The molecule has 1 unspecified atom stereocenters. The molecule has 0 bridgehead atoms. The first-order chi connectivity index (χ1) is 6.33. The molecule has 0 radical (unpaired) electrons. The number of carbonyl (C=O) groups is 1. The molecule has 7 heteroatoms. The third-order valence-corrected chi connectivity index (χ3v) is 1.47. The Balaban J connectivity index is 3.35. The molecule has 0 saturated carbocycles. The fraction of sp³-hybridized carbons (Fsp3) is 0.857. The van der Waals surface area contributed by atoms with E-state index >= 15 is 0 Å². The summed E-state index contributed by atoms with van der Waals surface area (Å²) in [6.07, 6.45) is -5.09. The quantitative estimate of drug-likeness (QED) is 0.618. The summed E-state index contributed by atoms with van der Waals surface area (Å²) in [5, 5.41) is 0. The summed E-state index contributed by atoms with van der Waals surface area (Å²) in [7, 11) is 0. The van der Waals surface area contributed by atoms with Crippen LogP contribution in [0.1, 0.15) is 12.8 Å². The van der Waals surface area contributed by atoms with Crippen molar-refractivity contribution in [2.45, 2.75) is 25.1 Å². The highest BCUT2D eigenvalue weighted by Crippen LogP contribution is 2.18. The van der Waals surface area contributed by atoms with Gasteiger partial charge in [0.1, 0.15) is 0 Å². The zero-order valence-electron chi connectivity index (χ0n) is 7.51. The van der Waals surface area contributed by atoms with Gasteiger partial charge in [-0.3, -0.25) is 4.79 Å². The zero-order valence-corrected chi connectivity index (χ0v) is 7.51. The maximum absolute atomic E-state index is 11.6. The standard InChI is InChI=1S/C7H13F3N2O2/c8-7(9,10)2-4-14-3-1-5(11)6(12)13/h5H,1-4,11H2,(H2,12,13). The number of ether oxygens (including phenoxy) is 1. The highest BCUT2D eigenvalue weighted by molar-refractivity contribution is 5.79. The van der Waals surface area contributed by atoms with E-state index in [9.17, 15) is 18.0 Å². The van der Waals surface area contributed by atoms with E-state index < -0.39 is 31.2 Å². The predicted octanol–water partition coefficient (Wildman–Crippen LogP) is 0.158. The maximum Gasteiger partial charge on any atom is 0.391 e. The lowest BCUT2D eigenvalue weighted by Gasteiger charge is -2.09. The average molecular weight is 214 g/mol. The summed E-state index contributed by atoms with van der Waals surface area (Å²) in [5.74, 6) is -0.690. The third kappa shape index (κ3) is 7.81. The Morgan fingerprint density at radius 2 is 1.93 bits per heavy atom. The van der Waals surface area contributed by atoms with Crippen LogP contribution in [0, 0.1) is 0 Å². The Morgan fingerprint density at radius 3 is 2.36 bits per heavy atom. The van der Waals surface area contributed by atoms with Crippen molar-refractivity contribution in [1.29, 1.82) is 0 Å². The largest absolute Gasteiger partial charge is 0.391 e. The summed E-state index contributed by atoms with van der Waals surface area (Å²) < 4.78 is 39.4. The molecule has 0 aliphatic carbocycles. The normalized spacial score (nSPS) is 14.0. The van der Waals surface area contributed by atoms with Crippen LogP contribution in [0.4, 0.5) is 13.2 Å². The molecule has 0 aliphatic heterocycles. The summed E-state index contributed by atoms with van der Waals surface area (Å²) in [4.78, 5) is 10.4. The van der Waals surface area contributed by atoms with Crippen LogP contribution >= 0.6 is 0 Å². The molecular weight excluding hydrogens is 201 g/mol. The van der Waals surface area contributed by atoms with Crippen LogP contribution in [-0.4, -0.2) is 31.3 Å². The number of hydrogen-bond acceptors (Lipinski definition) is 3. The number of halogens is 3. The van der Waals surface area contributed by atoms with Crippen molar-refractivity contribution in [2.75, 3.05) is 13.2 Å². The van der Waals surface area contributed by atoms with E-state index in [1.54, 1.807) is 0 Å². The number of amides is 1. The van der Waals surface area contributed by atoms with Gasteiger partial charge in [-0.2, -0.15) is 13.2 Å². The second-order valence-electron chi connectivity index (χ2n) is 2.78. The number of carbonyl (C=O) groups excluding carboxylic acids is 1. The lowest BCUT2D eigenvalue weighted by atomic mass is 10.2. The summed E-state index contributed by atoms with van der Waals surface area (Å²) >= 11 is 0. The first kappa shape index (κ1) is 13.2. The Labute approximate surface area is 79.4 Å². The van der Waals surface area contributed by atoms with Crippen molar-refractivity contribution < 1.29 is 22.7 Å². The lowest BCUT2D eigenvalue weighted by Crippen LogP contribution is -2.37. The number of hydrogen-bond donors (Lipinski definition) is 2. The van der Waals surface area contributed by atoms with Gasteiger partial charge in [0, 0.05) is 6.61 Å². The maximum atomic E-state index is 11.6. The van der Waals surface area contributed by atoms with Crippen molar-refractivity contribution in [3.05, 3.63) is 0 Å². The Bertz CT molecular complexity index is 184. The molecule has 14 heavy (non-hydrogen) atoms. The van der Waals surface area contributed by atoms with E-state index in [1.165, 1.54) is 0 Å². The van der Waals surface area contributed by atoms with E-state index in [0.717, 1.165) is 0 Å². The highest BCUT2D eigenvalue weighted by Gasteiger charge is 2.26. The zero-order chi connectivity index (χ0) is 11.2. The van der Waals surface area contributed by atoms with Crippen LogP contribution in [0.3, 0.4) is 0 Å². The molecule has 84 valence electrons. The van der Waals surface area contributed by atoms with E-state index in [2.05, 4.69) is 4.74 Å². The monoisotopic (exact) mass is 214 g/mol. The van der Waals surface area contributed by atoms with Crippen LogP contribution < -0.4 is 11.5 Å². The van der Waals surface area contributed by atoms with Gasteiger partial charge in [-0.15, -0.1) is 0 Å². The first-order valence-electron chi connectivity index (χ1n) is 4.02. The molecule has 0 rings (SSSR count). The number of nitrogens with two attached hydrogens (primary N) is 2. The molecule has 1 atom stereocenters. The van der Waals surface area contributed by atoms with E-state index in [-0.39, 0.29) is 13.0 Å². The van der Waals surface area contributed by atoms with Crippen molar-refractivity contribution in [3.8, 4) is 0 Å². The molecule has 4 nitrogen and oxygen atoms in total. The molecular formula is C7H13F3N2O2. The fourth-order valence-corrected chi connectivity index (χ4v) is 0.643. The van der Waals surface area contributed by atoms with Gasteiger partial charge in [0.05, 0.1) is 19.1 Å². The van der Waals surface area contributed by atoms with Gasteiger partial charge in [-0.1, -0.05) is 0 Å².